The Kier molecular flexibility index (Phi) is 3.90. The van der Waals surface area contributed by atoms with E-state index in [1.54, 1.807) is 6.08 Å². The van der Waals surface area contributed by atoms with Crippen molar-refractivity contribution in [1.82, 2.24) is 0 Å². The fourth-order valence-corrected chi connectivity index (χ4v) is 4.00. The lowest BCUT2D eigenvalue weighted by Gasteiger charge is -2.07. The van der Waals surface area contributed by atoms with E-state index in [1.807, 2.05) is 60.7 Å². The lowest BCUT2D eigenvalue weighted by Crippen LogP contribution is -2.09. The summed E-state index contributed by atoms with van der Waals surface area (Å²) < 4.78 is 27.2. The molecule has 3 aromatic carbocycles. The maximum atomic E-state index is 12.3. The minimum absolute atomic E-state index is 0.587. The van der Waals surface area contributed by atoms with Crippen LogP contribution in [0.3, 0.4) is 0 Å². The van der Waals surface area contributed by atoms with Gasteiger partial charge in [0, 0.05) is 5.69 Å². The Hall–Kier alpha value is -2.85. The van der Waals surface area contributed by atoms with Crippen LogP contribution in [0.25, 0.3) is 17.2 Å². The molecule has 0 atom stereocenters. The molecule has 0 aliphatic heterocycles. The van der Waals surface area contributed by atoms with Crippen LogP contribution in [0.4, 0.5) is 5.69 Å². The molecule has 0 saturated carbocycles. The molecule has 124 valence electrons. The topological polar surface area (TPSA) is 46.2 Å². The van der Waals surface area contributed by atoms with E-state index in [4.69, 9.17) is 0 Å². The number of fused-ring (bicyclic) bond motifs is 3. The fourth-order valence-electron chi connectivity index (χ4n) is 3.14. The van der Waals surface area contributed by atoms with Crippen LogP contribution in [-0.4, -0.2) is 8.42 Å². The summed E-state index contributed by atoms with van der Waals surface area (Å²) in [6, 6.07) is 23.4. The molecule has 1 N–H and O–H groups in total. The molecule has 0 heterocycles. The molecule has 4 rings (SSSR count). The Morgan fingerprint density at radius 2 is 1.52 bits per heavy atom. The van der Waals surface area contributed by atoms with Crippen LogP contribution in [0.5, 0.6) is 0 Å². The van der Waals surface area contributed by atoms with Crippen molar-refractivity contribution in [2.24, 2.45) is 0 Å². The van der Waals surface area contributed by atoms with E-state index < -0.39 is 10.0 Å². The van der Waals surface area contributed by atoms with Gasteiger partial charge < -0.3 is 0 Å². The van der Waals surface area contributed by atoms with Gasteiger partial charge in [-0.1, -0.05) is 60.7 Å². The van der Waals surface area contributed by atoms with Crippen molar-refractivity contribution in [2.45, 2.75) is 6.42 Å². The van der Waals surface area contributed by atoms with Gasteiger partial charge in [0.25, 0.3) is 10.0 Å². The van der Waals surface area contributed by atoms with Crippen LogP contribution in [0.2, 0.25) is 0 Å². The van der Waals surface area contributed by atoms with Gasteiger partial charge in [-0.25, -0.2) is 8.42 Å². The number of anilines is 1. The third kappa shape index (κ3) is 3.35. The Balaban J connectivity index is 1.56. The van der Waals surface area contributed by atoms with Gasteiger partial charge in [0.1, 0.15) is 0 Å². The molecule has 0 bridgehead atoms. The van der Waals surface area contributed by atoms with E-state index in [1.165, 1.54) is 22.1 Å². The SMILES string of the molecule is O=S(=O)(/C=C\c1ccccc1)Nc1ccc2c(c1)Cc1ccccc1-2. The normalized spacial score (nSPS) is 12.8. The zero-order valence-electron chi connectivity index (χ0n) is 13.5. The van der Waals surface area contributed by atoms with Gasteiger partial charge in [-0.3, -0.25) is 4.72 Å². The molecule has 1 aliphatic carbocycles. The average Bonchev–Trinajstić information content (AvgIpc) is 2.98. The molecule has 25 heavy (non-hydrogen) atoms. The predicted octanol–water partition coefficient (Wildman–Crippen LogP) is 4.67. The molecule has 0 fully saturated rings. The Bertz CT molecular complexity index is 1050. The molecular weight excluding hydrogens is 330 g/mol. The monoisotopic (exact) mass is 347 g/mol. The van der Waals surface area contributed by atoms with Crippen LogP contribution < -0.4 is 4.72 Å². The number of benzene rings is 3. The molecule has 3 aromatic rings. The number of hydrogen-bond acceptors (Lipinski definition) is 2. The molecule has 0 spiro atoms. The molecule has 0 unspecified atom stereocenters. The number of nitrogens with one attached hydrogen (secondary N) is 1. The maximum absolute atomic E-state index is 12.3. The summed E-state index contributed by atoms with van der Waals surface area (Å²) >= 11 is 0. The second-order valence-electron chi connectivity index (χ2n) is 6.07. The summed E-state index contributed by atoms with van der Waals surface area (Å²) in [6.07, 6.45) is 2.42. The first-order valence-corrected chi connectivity index (χ1v) is 9.62. The first-order chi connectivity index (χ1) is 12.1. The predicted molar refractivity (Wildman–Crippen MR) is 103 cm³/mol. The molecule has 0 amide bonds. The van der Waals surface area contributed by atoms with E-state index in [-0.39, 0.29) is 0 Å². The van der Waals surface area contributed by atoms with E-state index in [9.17, 15) is 8.42 Å². The summed E-state index contributed by atoms with van der Waals surface area (Å²) in [5.41, 5.74) is 6.27. The standard InChI is InChI=1S/C21H17NO2S/c23-25(24,13-12-16-6-2-1-3-7-16)22-19-10-11-21-18(15-19)14-17-8-4-5-9-20(17)21/h1-13,15,22H,14H2/b13-12-. The summed E-state index contributed by atoms with van der Waals surface area (Å²) in [5, 5.41) is 1.20. The van der Waals surface area contributed by atoms with Gasteiger partial charge in [0.2, 0.25) is 0 Å². The smallest absolute Gasteiger partial charge is 0.255 e. The van der Waals surface area contributed by atoms with E-state index in [2.05, 4.69) is 16.9 Å². The maximum Gasteiger partial charge on any atom is 0.255 e. The van der Waals surface area contributed by atoms with Gasteiger partial charge in [-0.05, 0) is 52.4 Å². The Labute approximate surface area is 147 Å². The highest BCUT2D eigenvalue weighted by molar-refractivity contribution is 7.95. The quantitative estimate of drug-likeness (QED) is 0.583. The fraction of sp³-hybridized carbons (Fsp3) is 0.0476. The third-order valence-electron chi connectivity index (χ3n) is 4.29. The third-order valence-corrected chi connectivity index (χ3v) is 5.31. The molecular formula is C21H17NO2S. The zero-order chi connectivity index (χ0) is 17.3. The number of sulfonamides is 1. The summed E-state index contributed by atoms with van der Waals surface area (Å²) in [6.45, 7) is 0. The molecule has 0 saturated heterocycles. The van der Waals surface area contributed by atoms with Crippen molar-refractivity contribution in [3.63, 3.8) is 0 Å². The van der Waals surface area contributed by atoms with Gasteiger partial charge >= 0.3 is 0 Å². The van der Waals surface area contributed by atoms with E-state index in [0.717, 1.165) is 17.5 Å². The van der Waals surface area contributed by atoms with Gasteiger partial charge in [-0.2, -0.15) is 0 Å². The van der Waals surface area contributed by atoms with Gasteiger partial charge in [0.05, 0.1) is 5.41 Å². The molecule has 0 aromatic heterocycles. The van der Waals surface area contributed by atoms with E-state index in [0.29, 0.717) is 5.69 Å². The van der Waals surface area contributed by atoms with Crippen molar-refractivity contribution in [1.29, 1.82) is 0 Å². The van der Waals surface area contributed by atoms with Gasteiger partial charge in [0.15, 0.2) is 0 Å². The Morgan fingerprint density at radius 3 is 2.36 bits per heavy atom. The summed E-state index contributed by atoms with van der Waals surface area (Å²) in [7, 11) is -3.55. The number of rotatable bonds is 4. The second-order valence-corrected chi connectivity index (χ2v) is 7.63. The second kappa shape index (κ2) is 6.22. The highest BCUT2D eigenvalue weighted by Crippen LogP contribution is 2.37. The van der Waals surface area contributed by atoms with Crippen LogP contribution >= 0.6 is 0 Å². The van der Waals surface area contributed by atoms with Crippen molar-refractivity contribution in [3.8, 4) is 11.1 Å². The largest absolute Gasteiger partial charge is 0.280 e. The highest BCUT2D eigenvalue weighted by Gasteiger charge is 2.18. The molecule has 3 nitrogen and oxygen atoms in total. The summed E-state index contributed by atoms with van der Waals surface area (Å²) in [5.74, 6) is 0. The minimum atomic E-state index is -3.55. The summed E-state index contributed by atoms with van der Waals surface area (Å²) in [4.78, 5) is 0. The van der Waals surface area contributed by atoms with E-state index >= 15 is 0 Å². The van der Waals surface area contributed by atoms with Crippen molar-refractivity contribution in [3.05, 3.63) is 94.9 Å². The molecule has 0 radical (unpaired) electrons. The Morgan fingerprint density at radius 1 is 0.800 bits per heavy atom. The van der Waals surface area contributed by atoms with Gasteiger partial charge in [-0.15, -0.1) is 0 Å². The van der Waals surface area contributed by atoms with Crippen LogP contribution in [0, 0.1) is 0 Å². The zero-order valence-corrected chi connectivity index (χ0v) is 14.3. The lowest BCUT2D eigenvalue weighted by atomic mass is 10.1. The number of hydrogen-bond donors (Lipinski definition) is 1. The first kappa shape index (κ1) is 15.7. The van der Waals surface area contributed by atoms with Crippen LogP contribution in [-0.2, 0) is 16.4 Å². The lowest BCUT2D eigenvalue weighted by molar-refractivity contribution is 0.609. The highest BCUT2D eigenvalue weighted by atomic mass is 32.2. The molecule has 1 aliphatic rings. The molecule has 4 heteroatoms. The van der Waals surface area contributed by atoms with Crippen LogP contribution in [0.15, 0.2) is 78.2 Å². The van der Waals surface area contributed by atoms with Crippen molar-refractivity contribution >= 4 is 21.8 Å². The van der Waals surface area contributed by atoms with Crippen LogP contribution in [0.1, 0.15) is 16.7 Å². The van der Waals surface area contributed by atoms with Crippen molar-refractivity contribution < 1.29 is 8.42 Å². The van der Waals surface area contributed by atoms with Crippen molar-refractivity contribution in [2.75, 3.05) is 4.72 Å². The first-order valence-electron chi connectivity index (χ1n) is 8.08. The average molecular weight is 347 g/mol. The minimum Gasteiger partial charge on any atom is -0.280 e.